The predicted molar refractivity (Wildman–Crippen MR) is 88.2 cm³/mol. The van der Waals surface area contributed by atoms with Gasteiger partial charge in [-0.3, -0.25) is 4.79 Å². The second-order valence-corrected chi connectivity index (χ2v) is 6.52. The Labute approximate surface area is 138 Å². The number of carbonyl (C=O) groups is 1. The molecule has 1 unspecified atom stereocenters. The van der Waals surface area contributed by atoms with Crippen LogP contribution in [0.2, 0.25) is 0 Å². The van der Waals surface area contributed by atoms with Crippen LogP contribution >= 0.6 is 31.9 Å². The van der Waals surface area contributed by atoms with E-state index in [-0.39, 0.29) is 5.91 Å². The van der Waals surface area contributed by atoms with Gasteiger partial charge in [0, 0.05) is 21.8 Å². The standard InChI is InChI=1S/C15H12Br2N2O2/c16-9-3-1-8(2-4-9)7-21-13-6-12-10(5-11(13)17)14(18)15(20)19-12/h1-6,14H,7,18H2,(H,19,20). The topological polar surface area (TPSA) is 64.4 Å². The zero-order chi connectivity index (χ0) is 15.0. The van der Waals surface area contributed by atoms with E-state index in [0.717, 1.165) is 20.1 Å². The second kappa shape index (κ2) is 5.79. The number of ether oxygens (including phenoxy) is 1. The summed E-state index contributed by atoms with van der Waals surface area (Å²) in [5, 5.41) is 2.75. The third-order valence-electron chi connectivity index (χ3n) is 3.29. The third kappa shape index (κ3) is 2.97. The van der Waals surface area contributed by atoms with Crippen molar-refractivity contribution in [2.45, 2.75) is 12.6 Å². The van der Waals surface area contributed by atoms with E-state index in [4.69, 9.17) is 10.5 Å². The SMILES string of the molecule is NC1C(=O)Nc2cc(OCc3ccc(Br)cc3)c(Br)cc21. The average molecular weight is 412 g/mol. The quantitative estimate of drug-likeness (QED) is 0.808. The molecule has 0 saturated carbocycles. The molecule has 2 aromatic carbocycles. The molecule has 1 aliphatic rings. The van der Waals surface area contributed by atoms with E-state index in [0.29, 0.717) is 18.0 Å². The summed E-state index contributed by atoms with van der Waals surface area (Å²) in [4.78, 5) is 11.6. The van der Waals surface area contributed by atoms with Crippen LogP contribution in [0.15, 0.2) is 45.3 Å². The molecule has 1 aliphatic heterocycles. The van der Waals surface area contributed by atoms with E-state index >= 15 is 0 Å². The predicted octanol–water partition coefficient (Wildman–Crippen LogP) is 3.74. The Morgan fingerprint density at radius 2 is 1.90 bits per heavy atom. The van der Waals surface area contributed by atoms with Crippen LogP contribution in [0.25, 0.3) is 0 Å². The number of carbonyl (C=O) groups excluding carboxylic acids is 1. The minimum absolute atomic E-state index is 0.193. The van der Waals surface area contributed by atoms with Gasteiger partial charge in [0.05, 0.1) is 4.47 Å². The smallest absolute Gasteiger partial charge is 0.245 e. The normalized spacial score (nSPS) is 16.5. The first kappa shape index (κ1) is 14.6. The van der Waals surface area contributed by atoms with E-state index < -0.39 is 6.04 Å². The lowest BCUT2D eigenvalue weighted by Gasteiger charge is -2.11. The maximum Gasteiger partial charge on any atom is 0.245 e. The zero-order valence-electron chi connectivity index (χ0n) is 10.9. The number of benzene rings is 2. The fraction of sp³-hybridized carbons (Fsp3) is 0.133. The van der Waals surface area contributed by atoms with Gasteiger partial charge in [-0.1, -0.05) is 28.1 Å². The van der Waals surface area contributed by atoms with Crippen molar-refractivity contribution in [1.82, 2.24) is 0 Å². The monoisotopic (exact) mass is 410 g/mol. The van der Waals surface area contributed by atoms with Crippen molar-refractivity contribution in [3.05, 3.63) is 56.5 Å². The maximum atomic E-state index is 11.6. The first-order chi connectivity index (χ1) is 10.0. The molecule has 3 N–H and O–H groups in total. The van der Waals surface area contributed by atoms with Crippen molar-refractivity contribution in [2.75, 3.05) is 5.32 Å². The Balaban J connectivity index is 1.79. The molecule has 4 nitrogen and oxygen atoms in total. The average Bonchev–Trinajstić information content (AvgIpc) is 2.73. The van der Waals surface area contributed by atoms with Crippen molar-refractivity contribution < 1.29 is 9.53 Å². The van der Waals surface area contributed by atoms with E-state index in [2.05, 4.69) is 37.2 Å². The Hall–Kier alpha value is -1.37. The fourth-order valence-electron chi connectivity index (χ4n) is 2.14. The fourth-order valence-corrected chi connectivity index (χ4v) is 2.88. The van der Waals surface area contributed by atoms with Gasteiger partial charge >= 0.3 is 0 Å². The highest BCUT2D eigenvalue weighted by Gasteiger charge is 2.28. The molecule has 0 spiro atoms. The summed E-state index contributed by atoms with van der Waals surface area (Å²) in [7, 11) is 0. The van der Waals surface area contributed by atoms with E-state index in [1.807, 2.05) is 30.3 Å². The Morgan fingerprint density at radius 3 is 2.62 bits per heavy atom. The number of amides is 1. The van der Waals surface area contributed by atoms with Crippen molar-refractivity contribution in [3.63, 3.8) is 0 Å². The van der Waals surface area contributed by atoms with Crippen LogP contribution < -0.4 is 15.8 Å². The highest BCUT2D eigenvalue weighted by Crippen LogP contribution is 2.38. The molecule has 6 heteroatoms. The number of hydrogen-bond acceptors (Lipinski definition) is 3. The molecule has 1 heterocycles. The van der Waals surface area contributed by atoms with Gasteiger partial charge in [0.1, 0.15) is 18.4 Å². The molecule has 21 heavy (non-hydrogen) atoms. The van der Waals surface area contributed by atoms with Crippen LogP contribution in [-0.4, -0.2) is 5.91 Å². The molecule has 0 aliphatic carbocycles. The molecule has 0 bridgehead atoms. The molecule has 0 aromatic heterocycles. The number of hydrogen-bond donors (Lipinski definition) is 2. The van der Waals surface area contributed by atoms with Crippen molar-refractivity contribution in [2.24, 2.45) is 5.73 Å². The summed E-state index contributed by atoms with van der Waals surface area (Å²) in [6.07, 6.45) is 0. The summed E-state index contributed by atoms with van der Waals surface area (Å²) < 4.78 is 7.62. The molecule has 3 rings (SSSR count). The first-order valence-corrected chi connectivity index (χ1v) is 7.90. The number of anilines is 1. The van der Waals surface area contributed by atoms with Crippen molar-refractivity contribution in [1.29, 1.82) is 0 Å². The molecule has 1 amide bonds. The molecule has 108 valence electrons. The highest BCUT2D eigenvalue weighted by atomic mass is 79.9. The van der Waals surface area contributed by atoms with Gasteiger partial charge in [-0.15, -0.1) is 0 Å². The van der Waals surface area contributed by atoms with Gasteiger partial charge in [-0.05, 0) is 39.7 Å². The molecule has 0 radical (unpaired) electrons. The van der Waals surface area contributed by atoms with Crippen LogP contribution in [0.5, 0.6) is 5.75 Å². The second-order valence-electron chi connectivity index (χ2n) is 4.75. The van der Waals surface area contributed by atoms with Crippen LogP contribution in [0.1, 0.15) is 17.2 Å². The van der Waals surface area contributed by atoms with E-state index in [1.165, 1.54) is 0 Å². The molecule has 1 atom stereocenters. The highest BCUT2D eigenvalue weighted by molar-refractivity contribution is 9.10. The summed E-state index contributed by atoms with van der Waals surface area (Å²) in [6, 6.07) is 10.9. The number of nitrogens with one attached hydrogen (secondary N) is 1. The minimum Gasteiger partial charge on any atom is -0.488 e. The number of halogens is 2. The third-order valence-corrected chi connectivity index (χ3v) is 4.44. The Bertz CT molecular complexity index is 702. The van der Waals surface area contributed by atoms with Crippen LogP contribution in [0.3, 0.4) is 0 Å². The van der Waals surface area contributed by atoms with Gasteiger partial charge in [-0.2, -0.15) is 0 Å². The summed E-state index contributed by atoms with van der Waals surface area (Å²) in [6.45, 7) is 0.449. The van der Waals surface area contributed by atoms with Gasteiger partial charge < -0.3 is 15.8 Å². The Morgan fingerprint density at radius 1 is 1.19 bits per heavy atom. The van der Waals surface area contributed by atoms with Crippen molar-refractivity contribution in [3.8, 4) is 5.75 Å². The van der Waals surface area contributed by atoms with E-state index in [9.17, 15) is 4.79 Å². The molecule has 0 saturated heterocycles. The number of nitrogens with two attached hydrogens (primary N) is 1. The van der Waals surface area contributed by atoms with Crippen molar-refractivity contribution >= 4 is 43.5 Å². The first-order valence-electron chi connectivity index (χ1n) is 6.32. The van der Waals surface area contributed by atoms with Crippen LogP contribution in [-0.2, 0) is 11.4 Å². The van der Waals surface area contributed by atoms with Crippen LogP contribution in [0, 0.1) is 0 Å². The lowest BCUT2D eigenvalue weighted by Crippen LogP contribution is -2.19. The Kier molecular flexibility index (Phi) is 4.01. The maximum absolute atomic E-state index is 11.6. The van der Waals surface area contributed by atoms with Gasteiger partial charge in [0.15, 0.2) is 0 Å². The molecule has 0 fully saturated rings. The lowest BCUT2D eigenvalue weighted by molar-refractivity contribution is -0.116. The summed E-state index contributed by atoms with van der Waals surface area (Å²) in [5.74, 6) is 0.480. The number of rotatable bonds is 3. The van der Waals surface area contributed by atoms with E-state index in [1.54, 1.807) is 6.07 Å². The largest absolute Gasteiger partial charge is 0.488 e. The lowest BCUT2D eigenvalue weighted by atomic mass is 10.1. The van der Waals surface area contributed by atoms with Crippen LogP contribution in [0.4, 0.5) is 5.69 Å². The van der Waals surface area contributed by atoms with Gasteiger partial charge in [-0.25, -0.2) is 0 Å². The molecule has 2 aromatic rings. The zero-order valence-corrected chi connectivity index (χ0v) is 14.1. The minimum atomic E-state index is -0.614. The molecular weight excluding hydrogens is 400 g/mol. The number of fused-ring (bicyclic) bond motifs is 1. The summed E-state index contributed by atoms with van der Waals surface area (Å²) >= 11 is 6.85. The van der Waals surface area contributed by atoms with Gasteiger partial charge in [0.2, 0.25) is 5.91 Å². The summed E-state index contributed by atoms with van der Waals surface area (Å²) in [5.41, 5.74) is 8.36. The van der Waals surface area contributed by atoms with Gasteiger partial charge in [0.25, 0.3) is 0 Å². The molecular formula is C15H12Br2N2O2.